The van der Waals surface area contributed by atoms with Gasteiger partial charge in [0.05, 0.1) is 0 Å². The molecule has 126 valence electrons. The van der Waals surface area contributed by atoms with Crippen LogP contribution in [0.2, 0.25) is 0 Å². The first kappa shape index (κ1) is 16.0. The molecular weight excluding hydrogens is 313 g/mol. The summed E-state index contributed by atoms with van der Waals surface area (Å²) in [6.07, 6.45) is 7.91. The van der Waals surface area contributed by atoms with Gasteiger partial charge in [0.15, 0.2) is 0 Å². The fraction of sp³-hybridized carbons (Fsp3) is 0.429. The second-order valence-electron chi connectivity index (χ2n) is 7.10. The SMILES string of the molecule is CN(C)c1ccccc1-c1cccc2c1[P@@](C1CCCCC1)CO2. The molecule has 0 radical (unpaired) electrons. The van der Waals surface area contributed by atoms with Crippen LogP contribution in [0.4, 0.5) is 5.69 Å². The van der Waals surface area contributed by atoms with Crippen molar-refractivity contribution in [3.63, 3.8) is 0 Å². The fourth-order valence-corrected chi connectivity index (χ4v) is 7.03. The molecule has 0 bridgehead atoms. The fourth-order valence-electron chi connectivity index (χ4n) is 4.13. The number of benzene rings is 2. The summed E-state index contributed by atoms with van der Waals surface area (Å²) in [5.41, 5.74) is 4.87. The Morgan fingerprint density at radius 2 is 1.67 bits per heavy atom. The molecule has 1 aliphatic carbocycles. The number of nitrogens with zero attached hydrogens (tertiary/aromatic N) is 1. The van der Waals surface area contributed by atoms with Gasteiger partial charge in [-0.15, -0.1) is 0 Å². The van der Waals surface area contributed by atoms with Gasteiger partial charge < -0.3 is 9.64 Å². The quantitative estimate of drug-likeness (QED) is 0.712. The molecule has 2 aliphatic rings. The molecule has 0 saturated heterocycles. The highest BCUT2D eigenvalue weighted by atomic mass is 31.1. The Bertz CT molecular complexity index is 722. The number of rotatable bonds is 3. The van der Waals surface area contributed by atoms with Crippen molar-refractivity contribution < 1.29 is 4.74 Å². The molecule has 0 aromatic heterocycles. The van der Waals surface area contributed by atoms with Crippen LogP contribution in [0.5, 0.6) is 5.75 Å². The second kappa shape index (κ2) is 6.76. The molecule has 1 aliphatic heterocycles. The van der Waals surface area contributed by atoms with Crippen molar-refractivity contribution in [1.29, 1.82) is 0 Å². The van der Waals surface area contributed by atoms with Gasteiger partial charge in [0.25, 0.3) is 0 Å². The third-order valence-corrected chi connectivity index (χ3v) is 8.18. The van der Waals surface area contributed by atoms with Crippen molar-refractivity contribution in [3.8, 4) is 16.9 Å². The summed E-state index contributed by atoms with van der Waals surface area (Å²) in [6, 6.07) is 15.4. The molecule has 2 nitrogen and oxygen atoms in total. The van der Waals surface area contributed by atoms with Crippen LogP contribution in [-0.4, -0.2) is 26.1 Å². The van der Waals surface area contributed by atoms with Crippen LogP contribution in [0.15, 0.2) is 42.5 Å². The Hall–Kier alpha value is -1.53. The molecule has 1 saturated carbocycles. The number of ether oxygens (including phenoxy) is 1. The zero-order valence-corrected chi connectivity index (χ0v) is 15.6. The first-order chi connectivity index (χ1) is 11.8. The third-order valence-electron chi connectivity index (χ3n) is 5.34. The minimum Gasteiger partial charge on any atom is -0.488 e. The van der Waals surface area contributed by atoms with E-state index in [2.05, 4.69) is 61.5 Å². The lowest BCUT2D eigenvalue weighted by Crippen LogP contribution is -2.17. The first-order valence-corrected chi connectivity index (χ1v) is 10.6. The second-order valence-corrected chi connectivity index (χ2v) is 9.47. The van der Waals surface area contributed by atoms with Crippen LogP contribution in [0.25, 0.3) is 11.1 Å². The number of hydrogen-bond acceptors (Lipinski definition) is 2. The van der Waals surface area contributed by atoms with Gasteiger partial charge >= 0.3 is 0 Å². The Labute approximate surface area is 146 Å². The maximum atomic E-state index is 6.14. The van der Waals surface area contributed by atoms with Crippen LogP contribution in [0.3, 0.4) is 0 Å². The van der Waals surface area contributed by atoms with Crippen LogP contribution < -0.4 is 14.9 Å². The van der Waals surface area contributed by atoms with Crippen molar-refractivity contribution in [3.05, 3.63) is 42.5 Å². The summed E-state index contributed by atoms with van der Waals surface area (Å²) in [6.45, 7) is 0. The summed E-state index contributed by atoms with van der Waals surface area (Å²) < 4.78 is 6.14. The van der Waals surface area contributed by atoms with Gasteiger partial charge in [-0.3, -0.25) is 0 Å². The van der Waals surface area contributed by atoms with E-state index in [-0.39, 0.29) is 7.92 Å². The van der Waals surface area contributed by atoms with E-state index in [0.29, 0.717) is 0 Å². The smallest absolute Gasteiger partial charge is 0.128 e. The third kappa shape index (κ3) is 2.82. The summed E-state index contributed by atoms with van der Waals surface area (Å²) in [4.78, 5) is 2.22. The highest BCUT2D eigenvalue weighted by Crippen LogP contribution is 2.54. The molecule has 4 rings (SSSR count). The Balaban J connectivity index is 1.80. The van der Waals surface area contributed by atoms with Gasteiger partial charge in [-0.2, -0.15) is 0 Å². The number of hydrogen-bond donors (Lipinski definition) is 0. The zero-order chi connectivity index (χ0) is 16.5. The maximum Gasteiger partial charge on any atom is 0.128 e. The van der Waals surface area contributed by atoms with E-state index in [1.807, 2.05) is 0 Å². The lowest BCUT2D eigenvalue weighted by Gasteiger charge is -2.28. The van der Waals surface area contributed by atoms with Crippen molar-refractivity contribution in [1.82, 2.24) is 0 Å². The monoisotopic (exact) mass is 339 g/mol. The molecule has 0 N–H and O–H groups in total. The molecular formula is C21H26NOP. The van der Waals surface area contributed by atoms with E-state index < -0.39 is 0 Å². The molecule has 2 aromatic rings. The normalized spacial score (nSPS) is 20.5. The average Bonchev–Trinajstić information content (AvgIpc) is 3.06. The average molecular weight is 339 g/mol. The van der Waals surface area contributed by atoms with E-state index in [1.54, 1.807) is 0 Å². The molecule has 1 heterocycles. The molecule has 0 spiro atoms. The number of anilines is 1. The van der Waals surface area contributed by atoms with Gasteiger partial charge in [-0.05, 0) is 44.1 Å². The van der Waals surface area contributed by atoms with Crippen molar-refractivity contribution in [2.45, 2.75) is 37.8 Å². The molecule has 3 heteroatoms. The number of para-hydroxylation sites is 1. The van der Waals surface area contributed by atoms with Crippen LogP contribution in [0.1, 0.15) is 32.1 Å². The van der Waals surface area contributed by atoms with Crippen LogP contribution >= 0.6 is 7.92 Å². The Morgan fingerprint density at radius 1 is 0.917 bits per heavy atom. The molecule has 2 aromatic carbocycles. The minimum absolute atomic E-state index is 0.196. The predicted molar refractivity (Wildman–Crippen MR) is 105 cm³/mol. The van der Waals surface area contributed by atoms with E-state index >= 15 is 0 Å². The van der Waals surface area contributed by atoms with E-state index in [9.17, 15) is 0 Å². The van der Waals surface area contributed by atoms with Gasteiger partial charge in [0.1, 0.15) is 12.1 Å². The van der Waals surface area contributed by atoms with Crippen molar-refractivity contribution in [2.75, 3.05) is 25.3 Å². The van der Waals surface area contributed by atoms with Crippen molar-refractivity contribution >= 4 is 18.9 Å². The number of fused-ring (bicyclic) bond motifs is 1. The van der Waals surface area contributed by atoms with Crippen LogP contribution in [0, 0.1) is 0 Å². The Kier molecular flexibility index (Phi) is 4.50. The molecule has 0 unspecified atom stereocenters. The van der Waals surface area contributed by atoms with Gasteiger partial charge in [-0.1, -0.05) is 49.6 Å². The first-order valence-electron chi connectivity index (χ1n) is 9.05. The highest BCUT2D eigenvalue weighted by molar-refractivity contribution is 7.67. The summed E-state index contributed by atoms with van der Waals surface area (Å²) in [5.74, 6) is 1.14. The standard InChI is InChI=1S/C21H26NOP/c1-22(2)19-13-7-6-11-17(19)18-12-8-14-20-21(18)24(15-23-20)16-9-4-3-5-10-16/h6-8,11-14,16H,3-5,9-10,15H2,1-2H3/t24-/m1/s1. The van der Waals surface area contributed by atoms with Crippen LogP contribution in [-0.2, 0) is 0 Å². The summed E-state index contributed by atoms with van der Waals surface area (Å²) in [5, 5.41) is 1.52. The molecule has 1 atom stereocenters. The van der Waals surface area contributed by atoms with E-state index in [0.717, 1.165) is 17.8 Å². The largest absolute Gasteiger partial charge is 0.488 e. The summed E-state index contributed by atoms with van der Waals surface area (Å²) in [7, 11) is 4.06. The lowest BCUT2D eigenvalue weighted by molar-refractivity contribution is 0.399. The van der Waals surface area contributed by atoms with Gasteiger partial charge in [0.2, 0.25) is 0 Å². The molecule has 1 fully saturated rings. The van der Waals surface area contributed by atoms with Gasteiger partial charge in [0, 0.05) is 30.7 Å². The zero-order valence-electron chi connectivity index (χ0n) is 14.7. The minimum atomic E-state index is -0.196. The lowest BCUT2D eigenvalue weighted by atomic mass is 10.0. The topological polar surface area (TPSA) is 12.5 Å². The summed E-state index contributed by atoms with van der Waals surface area (Å²) >= 11 is 0. The predicted octanol–water partition coefficient (Wildman–Crippen LogP) is 5.21. The Morgan fingerprint density at radius 3 is 2.46 bits per heavy atom. The maximum absolute atomic E-state index is 6.14. The van der Waals surface area contributed by atoms with E-state index in [1.165, 1.54) is 54.2 Å². The van der Waals surface area contributed by atoms with Crippen molar-refractivity contribution in [2.24, 2.45) is 0 Å². The molecule has 0 amide bonds. The molecule has 24 heavy (non-hydrogen) atoms. The highest BCUT2D eigenvalue weighted by Gasteiger charge is 2.34. The van der Waals surface area contributed by atoms with Gasteiger partial charge in [-0.25, -0.2) is 0 Å². The van der Waals surface area contributed by atoms with E-state index in [4.69, 9.17) is 4.74 Å².